The number of rotatable bonds is 3. The van der Waals surface area contributed by atoms with Crippen LogP contribution in [0.3, 0.4) is 0 Å². The van der Waals surface area contributed by atoms with Crippen LogP contribution in [0.1, 0.15) is 36.6 Å². The molecule has 0 aliphatic carbocycles. The maximum atomic E-state index is 12.6. The van der Waals surface area contributed by atoms with E-state index in [0.717, 1.165) is 11.3 Å². The summed E-state index contributed by atoms with van der Waals surface area (Å²) in [5.41, 5.74) is 4.86. The lowest BCUT2D eigenvalue weighted by molar-refractivity contribution is 0.581. The van der Waals surface area contributed by atoms with Crippen LogP contribution in [0.4, 0.5) is 0 Å². The molecular formula is C18H20N2O. The van der Waals surface area contributed by atoms with Gasteiger partial charge in [-0.25, -0.2) is 0 Å². The molecule has 0 aliphatic rings. The third kappa shape index (κ3) is 2.90. The highest BCUT2D eigenvalue weighted by atomic mass is 16.1. The average molecular weight is 280 g/mol. The van der Waals surface area contributed by atoms with Gasteiger partial charge in [0.25, 0.3) is 5.56 Å². The molecule has 0 amide bonds. The van der Waals surface area contributed by atoms with Crippen LogP contribution in [-0.4, -0.2) is 4.57 Å². The molecule has 0 aliphatic heterocycles. The molecule has 0 fully saturated rings. The molecule has 0 bridgehead atoms. The minimum Gasteiger partial charge on any atom is -0.306 e. The van der Waals surface area contributed by atoms with E-state index < -0.39 is 0 Å². The van der Waals surface area contributed by atoms with Crippen LogP contribution in [0.15, 0.2) is 35.1 Å². The van der Waals surface area contributed by atoms with Crippen molar-refractivity contribution in [2.24, 2.45) is 0 Å². The Hall–Kier alpha value is -2.34. The maximum Gasteiger partial charge on any atom is 0.255 e. The molecule has 3 heteroatoms. The minimum atomic E-state index is -0.0673. The number of hydrogen-bond acceptors (Lipinski definition) is 2. The van der Waals surface area contributed by atoms with Gasteiger partial charge < -0.3 is 4.57 Å². The Labute approximate surface area is 125 Å². The van der Waals surface area contributed by atoms with E-state index in [2.05, 4.69) is 32.0 Å². The number of pyridine rings is 1. The second-order valence-corrected chi connectivity index (χ2v) is 5.65. The van der Waals surface area contributed by atoms with E-state index in [0.29, 0.717) is 5.56 Å². The number of nitriles is 1. The largest absolute Gasteiger partial charge is 0.306 e. The molecule has 1 heterocycles. The van der Waals surface area contributed by atoms with E-state index >= 15 is 0 Å². The first kappa shape index (κ1) is 15.1. The highest BCUT2D eigenvalue weighted by Crippen LogP contribution is 2.23. The van der Waals surface area contributed by atoms with Crippen molar-refractivity contribution >= 4 is 0 Å². The van der Waals surface area contributed by atoms with Crippen molar-refractivity contribution in [3.05, 3.63) is 57.4 Å². The zero-order chi connectivity index (χ0) is 15.6. The smallest absolute Gasteiger partial charge is 0.255 e. The zero-order valence-corrected chi connectivity index (χ0v) is 13.0. The van der Waals surface area contributed by atoms with Gasteiger partial charge in [0.05, 0.1) is 18.2 Å². The normalized spacial score (nSPS) is 10.7. The highest BCUT2D eigenvalue weighted by molar-refractivity contribution is 5.62. The molecule has 0 atom stereocenters. The first-order valence-electron chi connectivity index (χ1n) is 7.14. The molecule has 0 saturated carbocycles. The number of hydrogen-bond donors (Lipinski definition) is 0. The van der Waals surface area contributed by atoms with Gasteiger partial charge in [0.15, 0.2) is 0 Å². The van der Waals surface area contributed by atoms with Crippen molar-refractivity contribution in [3.63, 3.8) is 0 Å². The number of benzene rings is 1. The third-order valence-electron chi connectivity index (χ3n) is 3.78. The number of aromatic nitrogens is 1. The van der Waals surface area contributed by atoms with E-state index in [1.165, 1.54) is 11.1 Å². The first-order valence-corrected chi connectivity index (χ1v) is 7.14. The first-order chi connectivity index (χ1) is 9.95. The highest BCUT2D eigenvalue weighted by Gasteiger charge is 2.13. The minimum absolute atomic E-state index is 0.0488. The molecule has 0 N–H and O–H groups in total. The van der Waals surface area contributed by atoms with Crippen LogP contribution in [0, 0.1) is 25.2 Å². The molecular weight excluding hydrogens is 260 g/mol. The molecule has 0 radical (unpaired) electrons. The molecule has 1 aromatic heterocycles. The summed E-state index contributed by atoms with van der Waals surface area (Å²) in [6, 6.07) is 12.0. The van der Waals surface area contributed by atoms with Crippen LogP contribution in [0.2, 0.25) is 0 Å². The predicted octanol–water partition coefficient (Wildman–Crippen LogP) is 3.78. The van der Waals surface area contributed by atoms with E-state index in [4.69, 9.17) is 5.26 Å². The number of aryl methyl sites for hydroxylation is 2. The Morgan fingerprint density at radius 1 is 1.14 bits per heavy atom. The van der Waals surface area contributed by atoms with Crippen LogP contribution >= 0.6 is 0 Å². The Morgan fingerprint density at radius 3 is 2.43 bits per heavy atom. The fourth-order valence-electron chi connectivity index (χ4n) is 2.46. The van der Waals surface area contributed by atoms with Crippen LogP contribution in [0.5, 0.6) is 0 Å². The van der Waals surface area contributed by atoms with Gasteiger partial charge in [-0.15, -0.1) is 0 Å². The standard InChI is InChI=1S/C18H20N2O/c1-12(2)20-17(8-7-15(9-10-19)18(20)21)16-6-5-13(3)14(4)11-16/h5-8,11-12H,9H2,1-4H3. The molecule has 21 heavy (non-hydrogen) atoms. The van der Waals surface area contributed by atoms with Crippen molar-refractivity contribution in [2.45, 2.75) is 40.2 Å². The summed E-state index contributed by atoms with van der Waals surface area (Å²) >= 11 is 0. The molecule has 2 rings (SSSR count). The Balaban J connectivity index is 2.69. The summed E-state index contributed by atoms with van der Waals surface area (Å²) in [4.78, 5) is 12.6. The lowest BCUT2D eigenvalue weighted by Gasteiger charge is -2.18. The van der Waals surface area contributed by atoms with Gasteiger partial charge in [0.1, 0.15) is 0 Å². The second-order valence-electron chi connectivity index (χ2n) is 5.65. The third-order valence-corrected chi connectivity index (χ3v) is 3.78. The van der Waals surface area contributed by atoms with Crippen LogP contribution in [-0.2, 0) is 6.42 Å². The summed E-state index contributed by atoms with van der Waals surface area (Å²) in [7, 11) is 0. The van der Waals surface area contributed by atoms with Gasteiger partial charge in [0, 0.05) is 11.6 Å². The lowest BCUT2D eigenvalue weighted by atomic mass is 10.0. The lowest BCUT2D eigenvalue weighted by Crippen LogP contribution is -2.26. The summed E-state index contributed by atoms with van der Waals surface area (Å²) in [5.74, 6) is 0. The van der Waals surface area contributed by atoms with Crippen molar-refractivity contribution in [1.29, 1.82) is 5.26 Å². The van der Waals surface area contributed by atoms with E-state index in [1.54, 1.807) is 10.6 Å². The SMILES string of the molecule is Cc1ccc(-c2ccc(CC#N)c(=O)n2C(C)C)cc1C. The summed E-state index contributed by atoms with van der Waals surface area (Å²) < 4.78 is 1.77. The van der Waals surface area contributed by atoms with Crippen molar-refractivity contribution in [2.75, 3.05) is 0 Å². The molecule has 2 aromatic rings. The summed E-state index contributed by atoms with van der Waals surface area (Å²) in [5, 5.41) is 8.83. The molecule has 0 spiro atoms. The van der Waals surface area contributed by atoms with E-state index in [1.807, 2.05) is 26.0 Å². The fraction of sp³-hybridized carbons (Fsp3) is 0.333. The Morgan fingerprint density at radius 2 is 1.86 bits per heavy atom. The molecule has 108 valence electrons. The van der Waals surface area contributed by atoms with Gasteiger partial charge in [-0.3, -0.25) is 4.79 Å². The summed E-state index contributed by atoms with van der Waals surface area (Å²) in [6.07, 6.45) is 0.152. The van der Waals surface area contributed by atoms with Crippen molar-refractivity contribution in [1.82, 2.24) is 4.57 Å². The van der Waals surface area contributed by atoms with Crippen LogP contribution < -0.4 is 5.56 Å². The predicted molar refractivity (Wildman–Crippen MR) is 85.3 cm³/mol. The average Bonchev–Trinajstić information content (AvgIpc) is 2.43. The molecule has 0 unspecified atom stereocenters. The van der Waals surface area contributed by atoms with Gasteiger partial charge in [-0.2, -0.15) is 5.26 Å². The van der Waals surface area contributed by atoms with Gasteiger partial charge >= 0.3 is 0 Å². The number of nitrogens with zero attached hydrogens (tertiary/aromatic N) is 2. The van der Waals surface area contributed by atoms with Gasteiger partial charge in [-0.1, -0.05) is 18.2 Å². The Kier molecular flexibility index (Phi) is 4.28. The molecule has 0 saturated heterocycles. The van der Waals surface area contributed by atoms with E-state index in [9.17, 15) is 4.79 Å². The van der Waals surface area contributed by atoms with Gasteiger partial charge in [-0.05, 0) is 56.5 Å². The fourth-order valence-corrected chi connectivity index (χ4v) is 2.46. The van der Waals surface area contributed by atoms with Crippen molar-refractivity contribution < 1.29 is 0 Å². The van der Waals surface area contributed by atoms with E-state index in [-0.39, 0.29) is 18.0 Å². The summed E-state index contributed by atoms with van der Waals surface area (Å²) in [6.45, 7) is 8.12. The topological polar surface area (TPSA) is 45.8 Å². The van der Waals surface area contributed by atoms with Crippen molar-refractivity contribution in [3.8, 4) is 17.3 Å². The van der Waals surface area contributed by atoms with Gasteiger partial charge in [0.2, 0.25) is 0 Å². The monoisotopic (exact) mass is 280 g/mol. The maximum absolute atomic E-state index is 12.6. The second kappa shape index (κ2) is 5.97. The zero-order valence-electron chi connectivity index (χ0n) is 13.0. The molecule has 1 aromatic carbocycles. The molecule has 3 nitrogen and oxygen atoms in total. The quantitative estimate of drug-likeness (QED) is 0.859. The van der Waals surface area contributed by atoms with Crippen LogP contribution in [0.25, 0.3) is 11.3 Å². The Bertz CT molecular complexity index is 764.